The average molecular weight is 343 g/mol. The summed E-state index contributed by atoms with van der Waals surface area (Å²) in [6.45, 7) is 2.07. The van der Waals surface area contributed by atoms with Gasteiger partial charge < -0.3 is 19.5 Å². The van der Waals surface area contributed by atoms with Crippen molar-refractivity contribution in [1.82, 2.24) is 0 Å². The maximum Gasteiger partial charge on any atom is 0.224 e. The second kappa shape index (κ2) is 8.97. The Labute approximate surface area is 148 Å². The van der Waals surface area contributed by atoms with E-state index < -0.39 is 0 Å². The third-order valence-electron chi connectivity index (χ3n) is 4.04. The van der Waals surface area contributed by atoms with E-state index in [1.54, 1.807) is 21.3 Å². The second-order valence-corrected chi connectivity index (χ2v) is 5.59. The predicted molar refractivity (Wildman–Crippen MR) is 98.9 cm³/mol. The van der Waals surface area contributed by atoms with Crippen LogP contribution in [0.15, 0.2) is 36.4 Å². The number of para-hydroxylation sites is 1. The third kappa shape index (κ3) is 4.66. The lowest BCUT2D eigenvalue weighted by Gasteiger charge is -2.14. The van der Waals surface area contributed by atoms with Gasteiger partial charge in [-0.15, -0.1) is 0 Å². The summed E-state index contributed by atoms with van der Waals surface area (Å²) in [6.07, 6.45) is 1.83. The Morgan fingerprint density at radius 3 is 2.20 bits per heavy atom. The summed E-state index contributed by atoms with van der Waals surface area (Å²) in [6, 6.07) is 11.6. The minimum atomic E-state index is -0.0188. The molecular weight excluding hydrogens is 318 g/mol. The Bertz CT molecular complexity index is 702. The minimum Gasteiger partial charge on any atom is -0.493 e. The van der Waals surface area contributed by atoms with E-state index in [9.17, 15) is 4.79 Å². The van der Waals surface area contributed by atoms with Gasteiger partial charge in [0, 0.05) is 12.1 Å². The van der Waals surface area contributed by atoms with E-state index in [2.05, 4.69) is 12.2 Å². The SMILES string of the molecule is CCc1ccccc1NC(=O)CCc1cc(OC)c(OC)c(OC)c1. The van der Waals surface area contributed by atoms with E-state index in [4.69, 9.17) is 14.2 Å². The molecule has 0 aliphatic rings. The van der Waals surface area contributed by atoms with E-state index >= 15 is 0 Å². The largest absolute Gasteiger partial charge is 0.493 e. The first-order chi connectivity index (χ1) is 12.1. The molecule has 0 saturated heterocycles. The molecule has 1 N–H and O–H groups in total. The van der Waals surface area contributed by atoms with Gasteiger partial charge in [-0.05, 0) is 42.2 Å². The first kappa shape index (κ1) is 18.6. The smallest absolute Gasteiger partial charge is 0.224 e. The molecule has 2 rings (SSSR count). The number of hydrogen-bond donors (Lipinski definition) is 1. The summed E-state index contributed by atoms with van der Waals surface area (Å²) in [5.41, 5.74) is 2.96. The zero-order chi connectivity index (χ0) is 18.2. The Kier molecular flexibility index (Phi) is 6.69. The van der Waals surface area contributed by atoms with Gasteiger partial charge in [0.15, 0.2) is 11.5 Å². The van der Waals surface area contributed by atoms with Crippen LogP contribution in [-0.2, 0) is 17.6 Å². The van der Waals surface area contributed by atoms with Crippen LogP contribution in [0.25, 0.3) is 0 Å². The lowest BCUT2D eigenvalue weighted by molar-refractivity contribution is -0.116. The summed E-state index contributed by atoms with van der Waals surface area (Å²) in [5, 5.41) is 2.99. The molecule has 0 unspecified atom stereocenters. The predicted octanol–water partition coefficient (Wildman–Crippen LogP) is 3.85. The van der Waals surface area contributed by atoms with Crippen LogP contribution in [-0.4, -0.2) is 27.2 Å². The van der Waals surface area contributed by atoms with Crippen LogP contribution in [0.5, 0.6) is 17.2 Å². The van der Waals surface area contributed by atoms with Crippen LogP contribution in [0.4, 0.5) is 5.69 Å². The number of ether oxygens (including phenoxy) is 3. The highest BCUT2D eigenvalue weighted by molar-refractivity contribution is 5.91. The standard InChI is InChI=1S/C20H25NO4/c1-5-15-8-6-7-9-16(15)21-19(22)11-10-14-12-17(23-2)20(25-4)18(13-14)24-3/h6-9,12-13H,5,10-11H2,1-4H3,(H,21,22). The minimum absolute atomic E-state index is 0.0188. The Balaban J connectivity index is 2.06. The number of benzene rings is 2. The van der Waals surface area contributed by atoms with Gasteiger partial charge in [-0.1, -0.05) is 25.1 Å². The van der Waals surface area contributed by atoms with Gasteiger partial charge in [0.2, 0.25) is 11.7 Å². The Hall–Kier alpha value is -2.69. The van der Waals surface area contributed by atoms with Crippen LogP contribution in [0.1, 0.15) is 24.5 Å². The second-order valence-electron chi connectivity index (χ2n) is 5.59. The molecule has 5 nitrogen and oxygen atoms in total. The zero-order valence-electron chi connectivity index (χ0n) is 15.2. The first-order valence-corrected chi connectivity index (χ1v) is 8.29. The summed E-state index contributed by atoms with van der Waals surface area (Å²) >= 11 is 0. The van der Waals surface area contributed by atoms with Crippen LogP contribution in [0.2, 0.25) is 0 Å². The van der Waals surface area contributed by atoms with Crippen molar-refractivity contribution < 1.29 is 19.0 Å². The van der Waals surface area contributed by atoms with Gasteiger partial charge in [0.25, 0.3) is 0 Å². The lowest BCUT2D eigenvalue weighted by Crippen LogP contribution is -2.13. The van der Waals surface area contributed by atoms with Crippen molar-refractivity contribution >= 4 is 11.6 Å². The summed E-state index contributed by atoms with van der Waals surface area (Å²) < 4.78 is 16.0. The molecule has 134 valence electrons. The molecule has 0 fully saturated rings. The number of nitrogens with one attached hydrogen (secondary N) is 1. The lowest BCUT2D eigenvalue weighted by atomic mass is 10.1. The number of methoxy groups -OCH3 is 3. The maximum atomic E-state index is 12.3. The van der Waals surface area contributed by atoms with Crippen LogP contribution in [0.3, 0.4) is 0 Å². The van der Waals surface area contributed by atoms with E-state index in [-0.39, 0.29) is 5.91 Å². The van der Waals surface area contributed by atoms with Crippen molar-refractivity contribution in [2.24, 2.45) is 0 Å². The molecule has 0 bridgehead atoms. The summed E-state index contributed by atoms with van der Waals surface area (Å²) in [5.74, 6) is 1.71. The fourth-order valence-corrected chi connectivity index (χ4v) is 2.70. The summed E-state index contributed by atoms with van der Waals surface area (Å²) in [7, 11) is 4.73. The third-order valence-corrected chi connectivity index (χ3v) is 4.04. The molecule has 0 radical (unpaired) electrons. The van der Waals surface area contributed by atoms with Gasteiger partial charge in [-0.2, -0.15) is 0 Å². The quantitative estimate of drug-likeness (QED) is 0.791. The van der Waals surface area contributed by atoms with E-state index in [0.29, 0.717) is 30.1 Å². The normalized spacial score (nSPS) is 10.2. The van der Waals surface area contributed by atoms with Crippen LogP contribution >= 0.6 is 0 Å². The highest BCUT2D eigenvalue weighted by Crippen LogP contribution is 2.38. The van der Waals surface area contributed by atoms with Gasteiger partial charge in [-0.25, -0.2) is 0 Å². The molecule has 0 aliphatic heterocycles. The molecular formula is C20H25NO4. The molecule has 0 heterocycles. The monoisotopic (exact) mass is 343 g/mol. The van der Waals surface area contributed by atoms with E-state index in [1.165, 1.54) is 0 Å². The van der Waals surface area contributed by atoms with Crippen molar-refractivity contribution in [1.29, 1.82) is 0 Å². The van der Waals surface area contributed by atoms with Gasteiger partial charge in [0.1, 0.15) is 0 Å². The average Bonchev–Trinajstić information content (AvgIpc) is 2.65. The molecule has 0 atom stereocenters. The molecule has 5 heteroatoms. The fraction of sp³-hybridized carbons (Fsp3) is 0.350. The topological polar surface area (TPSA) is 56.8 Å². The van der Waals surface area contributed by atoms with Crippen LogP contribution in [0, 0.1) is 0 Å². The molecule has 2 aromatic carbocycles. The molecule has 0 aliphatic carbocycles. The van der Waals surface area contributed by atoms with Crippen molar-refractivity contribution in [3.05, 3.63) is 47.5 Å². The Morgan fingerprint density at radius 2 is 1.64 bits per heavy atom. The zero-order valence-corrected chi connectivity index (χ0v) is 15.2. The molecule has 1 amide bonds. The maximum absolute atomic E-state index is 12.3. The fourth-order valence-electron chi connectivity index (χ4n) is 2.70. The molecule has 0 aromatic heterocycles. The highest BCUT2D eigenvalue weighted by Gasteiger charge is 2.14. The number of aryl methyl sites for hydroxylation is 2. The van der Waals surface area contributed by atoms with Crippen molar-refractivity contribution in [2.75, 3.05) is 26.6 Å². The number of hydrogen-bond acceptors (Lipinski definition) is 4. The van der Waals surface area contributed by atoms with Crippen molar-refractivity contribution in [2.45, 2.75) is 26.2 Å². The van der Waals surface area contributed by atoms with Crippen molar-refractivity contribution in [3.8, 4) is 17.2 Å². The van der Waals surface area contributed by atoms with Gasteiger partial charge >= 0.3 is 0 Å². The Morgan fingerprint density at radius 1 is 1.00 bits per heavy atom. The molecule has 25 heavy (non-hydrogen) atoms. The number of carbonyl (C=O) groups excluding carboxylic acids is 1. The highest BCUT2D eigenvalue weighted by atomic mass is 16.5. The first-order valence-electron chi connectivity index (χ1n) is 8.29. The van der Waals surface area contributed by atoms with Crippen molar-refractivity contribution in [3.63, 3.8) is 0 Å². The number of amides is 1. The van der Waals surface area contributed by atoms with Gasteiger partial charge in [-0.3, -0.25) is 4.79 Å². The molecule has 0 saturated carbocycles. The molecule has 0 spiro atoms. The molecule has 2 aromatic rings. The summed E-state index contributed by atoms with van der Waals surface area (Å²) in [4.78, 5) is 12.3. The number of rotatable bonds is 8. The number of carbonyl (C=O) groups is 1. The van der Waals surface area contributed by atoms with E-state index in [1.807, 2.05) is 36.4 Å². The number of anilines is 1. The van der Waals surface area contributed by atoms with E-state index in [0.717, 1.165) is 23.2 Å². The van der Waals surface area contributed by atoms with Gasteiger partial charge in [0.05, 0.1) is 21.3 Å². The van der Waals surface area contributed by atoms with Crippen LogP contribution < -0.4 is 19.5 Å².